The van der Waals surface area contributed by atoms with Crippen molar-refractivity contribution in [3.63, 3.8) is 0 Å². The first-order valence-corrected chi connectivity index (χ1v) is 11.8. The van der Waals surface area contributed by atoms with Gasteiger partial charge in [-0.3, -0.25) is 9.36 Å². The van der Waals surface area contributed by atoms with Crippen molar-refractivity contribution >= 4 is 40.9 Å². The Balaban J connectivity index is 1.62. The van der Waals surface area contributed by atoms with Crippen LogP contribution >= 0.6 is 35.0 Å². The number of nitrogens with one attached hydrogen (secondary N) is 1. The molecule has 1 heterocycles. The van der Waals surface area contributed by atoms with Crippen molar-refractivity contribution in [1.29, 1.82) is 0 Å². The normalized spacial score (nSPS) is 10.9. The van der Waals surface area contributed by atoms with Crippen LogP contribution in [0.3, 0.4) is 0 Å². The van der Waals surface area contributed by atoms with Crippen molar-refractivity contribution in [2.75, 3.05) is 0 Å². The second-order valence-corrected chi connectivity index (χ2v) is 9.03. The van der Waals surface area contributed by atoms with Gasteiger partial charge < -0.3 is 5.32 Å². The van der Waals surface area contributed by atoms with Crippen LogP contribution < -0.4 is 5.32 Å². The predicted molar refractivity (Wildman–Crippen MR) is 130 cm³/mol. The fourth-order valence-electron chi connectivity index (χ4n) is 3.20. The Morgan fingerprint density at radius 1 is 1.06 bits per heavy atom. The molecule has 0 aliphatic heterocycles. The lowest BCUT2D eigenvalue weighted by Crippen LogP contribution is -2.25. The molecule has 0 aliphatic rings. The van der Waals surface area contributed by atoms with Crippen LogP contribution in [0.1, 0.15) is 27.3 Å². The zero-order chi connectivity index (χ0) is 23.4. The summed E-state index contributed by atoms with van der Waals surface area (Å²) in [6.45, 7) is 2.10. The standard InChI is InChI=1S/C24H19Cl2FN4OS/c1-15-6-9-17(25)12-21(15)31-22(13-28-23(32)19-4-2-3-5-20(19)26)29-30-24(31)33-14-16-7-10-18(27)11-8-16/h2-12H,13-14H2,1H3,(H,28,32). The molecule has 0 saturated heterocycles. The molecule has 3 aromatic carbocycles. The topological polar surface area (TPSA) is 59.8 Å². The summed E-state index contributed by atoms with van der Waals surface area (Å²) < 4.78 is 15.1. The first-order chi connectivity index (χ1) is 15.9. The molecule has 0 saturated carbocycles. The summed E-state index contributed by atoms with van der Waals surface area (Å²) in [6, 6.07) is 18.7. The van der Waals surface area contributed by atoms with Crippen molar-refractivity contribution in [3.8, 4) is 5.69 Å². The van der Waals surface area contributed by atoms with Crippen LogP contribution in [0.25, 0.3) is 5.69 Å². The Kier molecular flexibility index (Phi) is 7.33. The Morgan fingerprint density at radius 2 is 1.82 bits per heavy atom. The van der Waals surface area contributed by atoms with Crippen LogP contribution in [0.4, 0.5) is 4.39 Å². The molecule has 1 amide bonds. The third-order valence-electron chi connectivity index (χ3n) is 4.92. The number of carbonyl (C=O) groups excluding carboxylic acids is 1. The van der Waals surface area contributed by atoms with E-state index in [1.807, 2.05) is 29.7 Å². The maximum atomic E-state index is 13.2. The van der Waals surface area contributed by atoms with E-state index in [2.05, 4.69) is 15.5 Å². The van der Waals surface area contributed by atoms with E-state index >= 15 is 0 Å². The molecule has 1 aromatic heterocycles. The molecule has 4 aromatic rings. The van der Waals surface area contributed by atoms with Crippen LogP contribution in [-0.2, 0) is 12.3 Å². The van der Waals surface area contributed by atoms with Gasteiger partial charge in [0.25, 0.3) is 5.91 Å². The fraction of sp³-hybridized carbons (Fsp3) is 0.125. The van der Waals surface area contributed by atoms with Gasteiger partial charge in [-0.1, -0.05) is 65.3 Å². The van der Waals surface area contributed by atoms with Crippen molar-refractivity contribution in [1.82, 2.24) is 20.1 Å². The van der Waals surface area contributed by atoms with Crippen molar-refractivity contribution in [3.05, 3.63) is 105 Å². The van der Waals surface area contributed by atoms with Gasteiger partial charge >= 0.3 is 0 Å². The Bertz CT molecular complexity index is 1290. The number of aryl methyl sites for hydroxylation is 1. The highest BCUT2D eigenvalue weighted by atomic mass is 35.5. The van der Waals surface area contributed by atoms with Gasteiger partial charge in [-0.15, -0.1) is 10.2 Å². The van der Waals surface area contributed by atoms with Crippen LogP contribution in [0.5, 0.6) is 0 Å². The van der Waals surface area contributed by atoms with Gasteiger partial charge in [0.2, 0.25) is 0 Å². The van der Waals surface area contributed by atoms with E-state index in [0.29, 0.717) is 32.3 Å². The highest BCUT2D eigenvalue weighted by Crippen LogP contribution is 2.28. The van der Waals surface area contributed by atoms with Gasteiger partial charge in [0, 0.05) is 10.8 Å². The number of carbonyl (C=O) groups is 1. The smallest absolute Gasteiger partial charge is 0.253 e. The number of nitrogens with zero attached hydrogens (tertiary/aromatic N) is 3. The molecule has 9 heteroatoms. The molecule has 0 radical (unpaired) electrons. The third kappa shape index (κ3) is 5.55. The Labute approximate surface area is 204 Å². The minimum atomic E-state index is -0.307. The number of halogens is 3. The summed E-state index contributed by atoms with van der Waals surface area (Å²) >= 11 is 13.9. The Morgan fingerprint density at radius 3 is 2.58 bits per heavy atom. The second-order valence-electron chi connectivity index (χ2n) is 7.24. The van der Waals surface area contributed by atoms with Gasteiger partial charge in [-0.25, -0.2) is 4.39 Å². The molecule has 0 fully saturated rings. The van der Waals surface area contributed by atoms with E-state index in [1.165, 1.54) is 23.9 Å². The number of hydrogen-bond donors (Lipinski definition) is 1. The van der Waals surface area contributed by atoms with Crippen LogP contribution in [0, 0.1) is 12.7 Å². The maximum absolute atomic E-state index is 13.2. The van der Waals surface area contributed by atoms with E-state index in [1.54, 1.807) is 36.4 Å². The summed E-state index contributed by atoms with van der Waals surface area (Å²) in [5.41, 5.74) is 3.13. The number of amides is 1. The number of benzene rings is 3. The fourth-order valence-corrected chi connectivity index (χ4v) is 4.51. The number of aromatic nitrogens is 3. The highest BCUT2D eigenvalue weighted by Gasteiger charge is 2.18. The average molecular weight is 501 g/mol. The summed E-state index contributed by atoms with van der Waals surface area (Å²) in [5.74, 6) is 0.531. The number of hydrogen-bond acceptors (Lipinski definition) is 4. The highest BCUT2D eigenvalue weighted by molar-refractivity contribution is 7.98. The maximum Gasteiger partial charge on any atom is 0.253 e. The van der Waals surface area contributed by atoms with Crippen LogP contribution in [0.2, 0.25) is 10.0 Å². The monoisotopic (exact) mass is 500 g/mol. The molecule has 0 bridgehead atoms. The first kappa shape index (κ1) is 23.3. The molecule has 168 valence electrons. The minimum absolute atomic E-state index is 0.139. The Hall–Kier alpha value is -2.87. The lowest BCUT2D eigenvalue weighted by atomic mass is 10.2. The average Bonchev–Trinajstić information content (AvgIpc) is 3.21. The van der Waals surface area contributed by atoms with Crippen LogP contribution in [-0.4, -0.2) is 20.7 Å². The zero-order valence-electron chi connectivity index (χ0n) is 17.6. The van der Waals surface area contributed by atoms with Crippen molar-refractivity contribution in [2.45, 2.75) is 24.4 Å². The van der Waals surface area contributed by atoms with Gasteiger partial charge in [0.15, 0.2) is 11.0 Å². The van der Waals surface area contributed by atoms with Gasteiger partial charge in [0.05, 0.1) is 22.8 Å². The van der Waals surface area contributed by atoms with E-state index < -0.39 is 0 Å². The van der Waals surface area contributed by atoms with E-state index in [4.69, 9.17) is 23.2 Å². The minimum Gasteiger partial charge on any atom is -0.345 e. The lowest BCUT2D eigenvalue weighted by molar-refractivity contribution is 0.0950. The zero-order valence-corrected chi connectivity index (χ0v) is 19.9. The molecular formula is C24H19Cl2FN4OS. The summed E-state index contributed by atoms with van der Waals surface area (Å²) in [5, 5.41) is 13.1. The lowest BCUT2D eigenvalue weighted by Gasteiger charge is -2.14. The van der Waals surface area contributed by atoms with Crippen molar-refractivity contribution in [2.24, 2.45) is 0 Å². The molecular weight excluding hydrogens is 482 g/mol. The molecule has 33 heavy (non-hydrogen) atoms. The van der Waals surface area contributed by atoms with Crippen molar-refractivity contribution < 1.29 is 9.18 Å². The van der Waals surface area contributed by atoms with E-state index in [9.17, 15) is 9.18 Å². The molecule has 0 atom stereocenters. The first-order valence-electron chi connectivity index (χ1n) is 10.0. The molecule has 0 spiro atoms. The van der Waals surface area contributed by atoms with Gasteiger partial charge in [0.1, 0.15) is 5.82 Å². The number of thioether (sulfide) groups is 1. The second kappa shape index (κ2) is 10.4. The summed E-state index contributed by atoms with van der Waals surface area (Å²) in [4.78, 5) is 12.6. The quantitative estimate of drug-likeness (QED) is 0.305. The largest absolute Gasteiger partial charge is 0.345 e. The number of rotatable bonds is 7. The van der Waals surface area contributed by atoms with Gasteiger partial charge in [-0.2, -0.15) is 0 Å². The van der Waals surface area contributed by atoms with E-state index in [-0.39, 0.29) is 18.3 Å². The molecule has 1 N–H and O–H groups in total. The van der Waals surface area contributed by atoms with Crippen LogP contribution in [0.15, 0.2) is 71.9 Å². The summed E-state index contributed by atoms with van der Waals surface area (Å²) in [6.07, 6.45) is 0. The summed E-state index contributed by atoms with van der Waals surface area (Å²) in [7, 11) is 0. The van der Waals surface area contributed by atoms with Gasteiger partial charge in [-0.05, 0) is 54.4 Å². The van der Waals surface area contributed by atoms with E-state index in [0.717, 1.165) is 16.8 Å². The third-order valence-corrected chi connectivity index (χ3v) is 6.48. The molecule has 4 rings (SSSR count). The molecule has 0 aliphatic carbocycles. The molecule has 0 unspecified atom stereocenters. The predicted octanol–water partition coefficient (Wildman–Crippen LogP) is 6.24. The molecule has 5 nitrogen and oxygen atoms in total. The SMILES string of the molecule is Cc1ccc(Cl)cc1-n1c(CNC(=O)c2ccccc2Cl)nnc1SCc1ccc(F)cc1.